The number of benzene rings is 1. The molecule has 2 aromatic heterocycles. The number of hydrogen-bond donors (Lipinski definition) is 2. The van der Waals surface area contributed by atoms with Gasteiger partial charge in [0.1, 0.15) is 17.0 Å². The second kappa shape index (κ2) is 6.20. The minimum absolute atomic E-state index is 0.216. The van der Waals surface area contributed by atoms with Gasteiger partial charge in [0, 0.05) is 23.4 Å². The molecule has 1 saturated carbocycles. The molecule has 0 atom stereocenters. The highest BCUT2D eigenvalue weighted by molar-refractivity contribution is 7.17. The highest BCUT2D eigenvalue weighted by atomic mass is 32.1. The van der Waals surface area contributed by atoms with Crippen molar-refractivity contribution in [3.63, 3.8) is 0 Å². The molecule has 24 heavy (non-hydrogen) atoms. The van der Waals surface area contributed by atoms with Crippen molar-refractivity contribution in [2.45, 2.75) is 25.3 Å². The van der Waals surface area contributed by atoms with Gasteiger partial charge in [0.15, 0.2) is 0 Å². The normalized spacial score (nSPS) is 19.8. The van der Waals surface area contributed by atoms with Crippen molar-refractivity contribution in [3.8, 4) is 11.1 Å². The first-order valence-electron chi connectivity index (χ1n) is 8.03. The summed E-state index contributed by atoms with van der Waals surface area (Å²) < 4.78 is 0. The molecule has 1 amide bonds. The van der Waals surface area contributed by atoms with E-state index < -0.39 is 0 Å². The Hall–Kier alpha value is -2.47. The fourth-order valence-electron chi connectivity index (χ4n) is 3.31. The van der Waals surface area contributed by atoms with Crippen molar-refractivity contribution >= 4 is 33.3 Å². The molecule has 0 unspecified atom stereocenters. The number of carbonyl (C=O) groups excluding carboxylic acids is 1. The fourth-order valence-corrected chi connectivity index (χ4v) is 4.23. The maximum absolute atomic E-state index is 11.0. The van der Waals surface area contributed by atoms with Crippen molar-refractivity contribution in [1.82, 2.24) is 9.97 Å². The minimum atomic E-state index is -0.216. The summed E-state index contributed by atoms with van der Waals surface area (Å²) in [5.74, 6) is 1.06. The van der Waals surface area contributed by atoms with Gasteiger partial charge in [-0.1, -0.05) is 30.3 Å². The van der Waals surface area contributed by atoms with Crippen LogP contribution in [0.3, 0.4) is 0 Å². The first-order chi connectivity index (χ1) is 11.7. The van der Waals surface area contributed by atoms with Gasteiger partial charge >= 0.3 is 0 Å². The Morgan fingerprint density at radius 2 is 2.04 bits per heavy atom. The van der Waals surface area contributed by atoms with E-state index in [4.69, 9.17) is 5.73 Å². The molecular formula is C18H18N4OS. The summed E-state index contributed by atoms with van der Waals surface area (Å²) in [6, 6.07) is 10.6. The number of nitrogens with one attached hydrogen (secondary N) is 1. The van der Waals surface area contributed by atoms with Crippen LogP contribution in [0.1, 0.15) is 19.3 Å². The molecule has 4 rings (SSSR count). The number of hydrogen-bond acceptors (Lipinski definition) is 5. The SMILES string of the molecule is NC(=O)CC1CC(Nc2ncnc3scc(-c4ccccc4)c23)C1. The van der Waals surface area contributed by atoms with E-state index in [-0.39, 0.29) is 5.91 Å². The van der Waals surface area contributed by atoms with Gasteiger partial charge < -0.3 is 11.1 Å². The van der Waals surface area contributed by atoms with Crippen LogP contribution >= 0.6 is 11.3 Å². The summed E-state index contributed by atoms with van der Waals surface area (Å²) in [5.41, 5.74) is 7.59. The molecule has 5 nitrogen and oxygen atoms in total. The molecule has 0 bridgehead atoms. The van der Waals surface area contributed by atoms with Crippen LogP contribution in [-0.4, -0.2) is 21.9 Å². The molecule has 0 spiro atoms. The molecule has 6 heteroatoms. The summed E-state index contributed by atoms with van der Waals surface area (Å²) in [6.07, 6.45) is 4.00. The number of fused-ring (bicyclic) bond motifs is 1. The zero-order valence-corrected chi connectivity index (χ0v) is 13.9. The van der Waals surface area contributed by atoms with Crippen LogP contribution in [0.25, 0.3) is 21.3 Å². The summed E-state index contributed by atoms with van der Waals surface area (Å²) in [7, 11) is 0. The Bertz CT molecular complexity index is 871. The molecule has 0 saturated heterocycles. The lowest BCUT2D eigenvalue weighted by atomic mass is 9.78. The summed E-state index contributed by atoms with van der Waals surface area (Å²) >= 11 is 1.63. The van der Waals surface area contributed by atoms with Crippen LogP contribution in [-0.2, 0) is 4.79 Å². The maximum Gasteiger partial charge on any atom is 0.217 e. The lowest BCUT2D eigenvalue weighted by Crippen LogP contribution is -2.37. The first-order valence-corrected chi connectivity index (χ1v) is 8.91. The van der Waals surface area contributed by atoms with E-state index in [0.29, 0.717) is 18.4 Å². The smallest absolute Gasteiger partial charge is 0.217 e. The molecule has 122 valence electrons. The molecule has 1 fully saturated rings. The number of nitrogens with two attached hydrogens (primary N) is 1. The van der Waals surface area contributed by atoms with E-state index in [1.807, 2.05) is 18.2 Å². The zero-order valence-electron chi connectivity index (χ0n) is 13.1. The summed E-state index contributed by atoms with van der Waals surface area (Å²) in [4.78, 5) is 20.8. The quantitative estimate of drug-likeness (QED) is 0.747. The van der Waals surface area contributed by atoms with Gasteiger partial charge in [0.2, 0.25) is 5.91 Å². The minimum Gasteiger partial charge on any atom is -0.370 e. The third-order valence-electron chi connectivity index (χ3n) is 4.52. The Morgan fingerprint density at radius 3 is 2.79 bits per heavy atom. The second-order valence-electron chi connectivity index (χ2n) is 6.27. The molecule has 1 aromatic carbocycles. The molecule has 2 heterocycles. The molecular weight excluding hydrogens is 320 g/mol. The molecule has 1 aliphatic carbocycles. The van der Waals surface area contributed by atoms with Crippen molar-refractivity contribution in [1.29, 1.82) is 0 Å². The number of anilines is 1. The van der Waals surface area contributed by atoms with Crippen LogP contribution in [0.15, 0.2) is 42.0 Å². The monoisotopic (exact) mass is 338 g/mol. The van der Waals surface area contributed by atoms with E-state index >= 15 is 0 Å². The summed E-state index contributed by atoms with van der Waals surface area (Å²) in [6.45, 7) is 0. The van der Waals surface area contributed by atoms with E-state index in [9.17, 15) is 4.79 Å². The Labute approximate surface area is 143 Å². The molecule has 3 N–H and O–H groups in total. The second-order valence-corrected chi connectivity index (χ2v) is 7.13. The Balaban J connectivity index is 1.60. The van der Waals surface area contributed by atoms with Crippen molar-refractivity contribution < 1.29 is 4.79 Å². The zero-order chi connectivity index (χ0) is 16.5. The van der Waals surface area contributed by atoms with E-state index in [1.165, 1.54) is 5.56 Å². The number of aromatic nitrogens is 2. The van der Waals surface area contributed by atoms with Crippen molar-refractivity contribution in [2.75, 3.05) is 5.32 Å². The number of thiophene rings is 1. The molecule has 1 aliphatic rings. The first kappa shape index (κ1) is 15.1. The molecule has 0 aliphatic heterocycles. The largest absolute Gasteiger partial charge is 0.370 e. The highest BCUT2D eigenvalue weighted by Gasteiger charge is 2.31. The number of amides is 1. The maximum atomic E-state index is 11.0. The predicted molar refractivity (Wildman–Crippen MR) is 96.8 cm³/mol. The van der Waals surface area contributed by atoms with E-state index in [2.05, 4.69) is 32.8 Å². The van der Waals surface area contributed by atoms with Crippen LogP contribution in [0.4, 0.5) is 5.82 Å². The van der Waals surface area contributed by atoms with Gasteiger partial charge in [0.25, 0.3) is 0 Å². The highest BCUT2D eigenvalue weighted by Crippen LogP contribution is 2.38. The van der Waals surface area contributed by atoms with Gasteiger partial charge in [-0.25, -0.2) is 9.97 Å². The average Bonchev–Trinajstić information content (AvgIpc) is 2.98. The lowest BCUT2D eigenvalue weighted by Gasteiger charge is -2.35. The average molecular weight is 338 g/mol. The van der Waals surface area contributed by atoms with Gasteiger partial charge in [0.05, 0.1) is 5.39 Å². The third-order valence-corrected chi connectivity index (χ3v) is 5.41. The van der Waals surface area contributed by atoms with Gasteiger partial charge in [-0.3, -0.25) is 4.79 Å². The molecule has 3 aromatic rings. The Kier molecular flexibility index (Phi) is 3.90. The summed E-state index contributed by atoms with van der Waals surface area (Å²) in [5, 5.41) is 6.74. The van der Waals surface area contributed by atoms with Crippen LogP contribution < -0.4 is 11.1 Å². The Morgan fingerprint density at radius 1 is 1.25 bits per heavy atom. The van der Waals surface area contributed by atoms with Crippen LogP contribution in [0.2, 0.25) is 0 Å². The fraction of sp³-hybridized carbons (Fsp3) is 0.278. The topological polar surface area (TPSA) is 80.9 Å². The number of nitrogens with zero attached hydrogens (tertiary/aromatic N) is 2. The number of rotatable bonds is 5. The predicted octanol–water partition coefficient (Wildman–Crippen LogP) is 3.42. The van der Waals surface area contributed by atoms with Gasteiger partial charge in [-0.2, -0.15) is 0 Å². The molecule has 0 radical (unpaired) electrons. The number of carbonyl (C=O) groups is 1. The van der Waals surface area contributed by atoms with E-state index in [0.717, 1.165) is 34.4 Å². The standard InChI is InChI=1S/C18H18N4OS/c19-15(23)8-11-6-13(7-11)22-17-16-14(12-4-2-1-3-5-12)9-24-18(16)21-10-20-17/h1-5,9-11,13H,6-8H2,(H2,19,23)(H,20,21,22). The van der Waals surface area contributed by atoms with Gasteiger partial charge in [-0.05, 0) is 24.3 Å². The van der Waals surface area contributed by atoms with Crippen molar-refractivity contribution in [3.05, 3.63) is 42.0 Å². The van der Waals surface area contributed by atoms with Crippen LogP contribution in [0, 0.1) is 5.92 Å². The van der Waals surface area contributed by atoms with Crippen molar-refractivity contribution in [2.24, 2.45) is 11.7 Å². The van der Waals surface area contributed by atoms with E-state index in [1.54, 1.807) is 17.7 Å². The third kappa shape index (κ3) is 2.85. The van der Waals surface area contributed by atoms with Crippen LogP contribution in [0.5, 0.6) is 0 Å². The lowest BCUT2D eigenvalue weighted by molar-refractivity contribution is -0.119. The number of primary amides is 1. The van der Waals surface area contributed by atoms with Gasteiger partial charge in [-0.15, -0.1) is 11.3 Å².